The summed E-state index contributed by atoms with van der Waals surface area (Å²) in [5, 5.41) is 1.15. The van der Waals surface area contributed by atoms with Crippen LogP contribution in [0.1, 0.15) is 29.5 Å². The predicted molar refractivity (Wildman–Crippen MR) is 76.6 cm³/mol. The lowest BCUT2D eigenvalue weighted by atomic mass is 10.1. The molecule has 0 spiro atoms. The van der Waals surface area contributed by atoms with Crippen LogP contribution in [0, 0.1) is 5.92 Å². The SMILES string of the molecule is CCOC[C@H]1CCN(Cc2ncc(C3OCCO3)s2)C1. The van der Waals surface area contributed by atoms with Crippen molar-refractivity contribution in [3.05, 3.63) is 16.1 Å². The van der Waals surface area contributed by atoms with Crippen molar-refractivity contribution in [3.63, 3.8) is 0 Å². The van der Waals surface area contributed by atoms with Crippen LogP contribution < -0.4 is 0 Å². The van der Waals surface area contributed by atoms with Crippen molar-refractivity contribution in [1.82, 2.24) is 9.88 Å². The van der Waals surface area contributed by atoms with E-state index in [9.17, 15) is 0 Å². The monoisotopic (exact) mass is 298 g/mol. The number of likely N-dealkylation sites (tertiary alicyclic amines) is 1. The zero-order chi connectivity index (χ0) is 13.8. The Morgan fingerprint density at radius 1 is 1.45 bits per heavy atom. The first-order valence-corrected chi connectivity index (χ1v) is 8.14. The van der Waals surface area contributed by atoms with E-state index in [2.05, 4.69) is 16.8 Å². The van der Waals surface area contributed by atoms with Gasteiger partial charge >= 0.3 is 0 Å². The van der Waals surface area contributed by atoms with Crippen LogP contribution in [0.5, 0.6) is 0 Å². The molecule has 0 bridgehead atoms. The van der Waals surface area contributed by atoms with Crippen molar-refractivity contribution >= 4 is 11.3 Å². The van der Waals surface area contributed by atoms with Crippen molar-refractivity contribution in [1.29, 1.82) is 0 Å². The van der Waals surface area contributed by atoms with Gasteiger partial charge in [-0.05, 0) is 25.8 Å². The van der Waals surface area contributed by atoms with Crippen molar-refractivity contribution in [3.8, 4) is 0 Å². The van der Waals surface area contributed by atoms with Gasteiger partial charge in [0.15, 0.2) is 6.29 Å². The second kappa shape index (κ2) is 6.95. The first-order valence-electron chi connectivity index (χ1n) is 7.33. The van der Waals surface area contributed by atoms with Gasteiger partial charge in [-0.25, -0.2) is 4.98 Å². The second-order valence-electron chi connectivity index (χ2n) is 5.28. The Kier molecular flexibility index (Phi) is 5.01. The molecule has 0 aliphatic carbocycles. The third kappa shape index (κ3) is 3.56. The van der Waals surface area contributed by atoms with Gasteiger partial charge in [-0.3, -0.25) is 4.90 Å². The van der Waals surface area contributed by atoms with E-state index < -0.39 is 0 Å². The minimum atomic E-state index is -0.189. The average molecular weight is 298 g/mol. The highest BCUT2D eigenvalue weighted by atomic mass is 32.1. The van der Waals surface area contributed by atoms with Crippen LogP contribution in [0.25, 0.3) is 0 Å². The molecular formula is C14H22N2O3S. The van der Waals surface area contributed by atoms with Gasteiger partial charge in [0.25, 0.3) is 0 Å². The summed E-state index contributed by atoms with van der Waals surface area (Å²) < 4.78 is 16.5. The summed E-state index contributed by atoms with van der Waals surface area (Å²) in [6.07, 6.45) is 2.93. The van der Waals surface area contributed by atoms with E-state index in [0.717, 1.165) is 42.7 Å². The molecule has 1 aromatic rings. The normalized spacial score (nSPS) is 24.8. The van der Waals surface area contributed by atoms with Crippen LogP contribution in [-0.4, -0.2) is 49.4 Å². The molecule has 0 N–H and O–H groups in total. The molecule has 1 aromatic heterocycles. The fourth-order valence-electron chi connectivity index (χ4n) is 2.70. The molecule has 0 saturated carbocycles. The number of hydrogen-bond acceptors (Lipinski definition) is 6. The molecular weight excluding hydrogens is 276 g/mol. The lowest BCUT2D eigenvalue weighted by molar-refractivity contribution is -0.0414. The number of aromatic nitrogens is 1. The number of rotatable bonds is 6. The van der Waals surface area contributed by atoms with Crippen LogP contribution in [0.15, 0.2) is 6.20 Å². The van der Waals surface area contributed by atoms with Crippen LogP contribution in [0.3, 0.4) is 0 Å². The van der Waals surface area contributed by atoms with Crippen LogP contribution in [0.2, 0.25) is 0 Å². The molecule has 3 rings (SSSR count). The topological polar surface area (TPSA) is 43.8 Å². The Morgan fingerprint density at radius 3 is 3.10 bits per heavy atom. The van der Waals surface area contributed by atoms with Gasteiger partial charge in [0.2, 0.25) is 0 Å². The maximum atomic E-state index is 5.51. The second-order valence-corrected chi connectivity index (χ2v) is 6.43. The zero-order valence-corrected chi connectivity index (χ0v) is 12.7. The first kappa shape index (κ1) is 14.4. The van der Waals surface area contributed by atoms with Gasteiger partial charge in [0.1, 0.15) is 5.01 Å². The molecule has 2 aliphatic heterocycles. The molecule has 2 aliphatic rings. The van der Waals surface area contributed by atoms with Crippen molar-refractivity contribution < 1.29 is 14.2 Å². The molecule has 0 radical (unpaired) electrons. The smallest absolute Gasteiger partial charge is 0.194 e. The highest BCUT2D eigenvalue weighted by Crippen LogP contribution is 2.29. The highest BCUT2D eigenvalue weighted by molar-refractivity contribution is 7.11. The molecule has 0 unspecified atom stereocenters. The molecule has 1 atom stereocenters. The fourth-order valence-corrected chi connectivity index (χ4v) is 3.66. The summed E-state index contributed by atoms with van der Waals surface area (Å²) >= 11 is 1.70. The van der Waals surface area contributed by atoms with Gasteiger partial charge in [-0.15, -0.1) is 11.3 Å². The average Bonchev–Trinajstić information content (AvgIpc) is 3.18. The Hall–Kier alpha value is -0.530. The predicted octanol–water partition coefficient (Wildman–Crippen LogP) is 2.05. The molecule has 20 heavy (non-hydrogen) atoms. The van der Waals surface area contributed by atoms with Crippen molar-refractivity contribution in [2.24, 2.45) is 5.92 Å². The molecule has 5 nitrogen and oxygen atoms in total. The Labute approximate surface area is 123 Å². The van der Waals surface area contributed by atoms with Crippen molar-refractivity contribution in [2.45, 2.75) is 26.2 Å². The van der Waals surface area contributed by atoms with E-state index in [0.29, 0.717) is 19.1 Å². The van der Waals surface area contributed by atoms with Crippen molar-refractivity contribution in [2.75, 3.05) is 39.5 Å². The highest BCUT2D eigenvalue weighted by Gasteiger charge is 2.25. The number of thiazole rings is 1. The van der Waals surface area contributed by atoms with Crippen LogP contribution in [-0.2, 0) is 20.8 Å². The third-order valence-corrected chi connectivity index (χ3v) is 4.72. The van der Waals surface area contributed by atoms with Gasteiger partial charge in [0, 0.05) is 19.3 Å². The Balaban J connectivity index is 1.48. The summed E-state index contributed by atoms with van der Waals surface area (Å²) in [6.45, 7) is 8.31. The largest absolute Gasteiger partial charge is 0.381 e. The van der Waals surface area contributed by atoms with E-state index in [1.807, 2.05) is 6.20 Å². The van der Waals surface area contributed by atoms with Gasteiger partial charge < -0.3 is 14.2 Å². The molecule has 0 amide bonds. The Morgan fingerprint density at radius 2 is 2.30 bits per heavy atom. The fraction of sp³-hybridized carbons (Fsp3) is 0.786. The molecule has 6 heteroatoms. The van der Waals surface area contributed by atoms with Crippen LogP contribution >= 0.6 is 11.3 Å². The zero-order valence-electron chi connectivity index (χ0n) is 11.9. The minimum absolute atomic E-state index is 0.189. The minimum Gasteiger partial charge on any atom is -0.381 e. The maximum absolute atomic E-state index is 5.51. The quantitative estimate of drug-likeness (QED) is 0.804. The molecule has 2 fully saturated rings. The maximum Gasteiger partial charge on any atom is 0.194 e. The van der Waals surface area contributed by atoms with Gasteiger partial charge in [-0.1, -0.05) is 0 Å². The van der Waals surface area contributed by atoms with E-state index in [1.54, 1.807) is 11.3 Å². The standard InChI is InChI=1S/C14H22N2O3S/c1-2-17-10-11-3-4-16(8-11)9-13-15-7-12(20-13)14-18-5-6-19-14/h7,11,14H,2-6,8-10H2,1H3/t11-/m0/s1. The summed E-state index contributed by atoms with van der Waals surface area (Å²) in [5.74, 6) is 0.677. The molecule has 2 saturated heterocycles. The summed E-state index contributed by atoms with van der Waals surface area (Å²) in [4.78, 5) is 8.04. The van der Waals surface area contributed by atoms with Crippen LogP contribution in [0.4, 0.5) is 0 Å². The third-order valence-electron chi connectivity index (χ3n) is 3.71. The summed E-state index contributed by atoms with van der Waals surface area (Å²) in [7, 11) is 0. The van der Waals surface area contributed by atoms with E-state index >= 15 is 0 Å². The van der Waals surface area contributed by atoms with E-state index in [1.165, 1.54) is 6.42 Å². The summed E-state index contributed by atoms with van der Waals surface area (Å²) in [6, 6.07) is 0. The lowest BCUT2D eigenvalue weighted by Crippen LogP contribution is -2.21. The van der Waals surface area contributed by atoms with Gasteiger partial charge in [0.05, 0.1) is 31.2 Å². The summed E-state index contributed by atoms with van der Waals surface area (Å²) in [5.41, 5.74) is 0. The lowest BCUT2D eigenvalue weighted by Gasteiger charge is -2.14. The van der Waals surface area contributed by atoms with E-state index in [-0.39, 0.29) is 6.29 Å². The van der Waals surface area contributed by atoms with E-state index in [4.69, 9.17) is 14.2 Å². The molecule has 3 heterocycles. The Bertz CT molecular complexity index is 420. The number of ether oxygens (including phenoxy) is 3. The van der Waals surface area contributed by atoms with Gasteiger partial charge in [-0.2, -0.15) is 0 Å². The molecule has 0 aromatic carbocycles. The number of hydrogen-bond donors (Lipinski definition) is 0. The number of nitrogens with zero attached hydrogens (tertiary/aromatic N) is 2. The molecule has 112 valence electrons. The first-order chi connectivity index (χ1) is 9.85.